The standard InChI is InChI=1S/C12H13BrN2O2S/c1-8-3-2-4-9(7-8)14-10-11(16)15(6-5-13)12(17)18-10/h2-4,7,10,14H,5-6H2,1H3. The average Bonchev–Trinajstić information content (AvgIpc) is 2.57. The minimum absolute atomic E-state index is 0.175. The Labute approximate surface area is 118 Å². The topological polar surface area (TPSA) is 49.4 Å². The van der Waals surface area contributed by atoms with Crippen LogP contribution in [0.2, 0.25) is 0 Å². The van der Waals surface area contributed by atoms with Gasteiger partial charge in [-0.2, -0.15) is 0 Å². The lowest BCUT2D eigenvalue weighted by atomic mass is 10.2. The van der Waals surface area contributed by atoms with Gasteiger partial charge in [0.1, 0.15) is 0 Å². The Morgan fingerprint density at radius 1 is 1.44 bits per heavy atom. The third-order valence-corrected chi connectivity index (χ3v) is 3.89. The van der Waals surface area contributed by atoms with Crippen molar-refractivity contribution in [3.05, 3.63) is 29.8 Å². The van der Waals surface area contributed by atoms with E-state index in [0.717, 1.165) is 23.0 Å². The zero-order valence-corrected chi connectivity index (χ0v) is 12.3. The number of amides is 2. The lowest BCUT2D eigenvalue weighted by molar-refractivity contribution is -0.125. The molecule has 1 aliphatic rings. The molecule has 0 bridgehead atoms. The first-order chi connectivity index (χ1) is 8.61. The summed E-state index contributed by atoms with van der Waals surface area (Å²) in [5.41, 5.74) is 1.97. The van der Waals surface area contributed by atoms with E-state index in [0.29, 0.717) is 11.9 Å². The lowest BCUT2D eigenvalue weighted by Gasteiger charge is -2.13. The molecule has 1 unspecified atom stereocenters. The van der Waals surface area contributed by atoms with Crippen LogP contribution in [-0.2, 0) is 4.79 Å². The Bertz CT molecular complexity index is 481. The molecule has 18 heavy (non-hydrogen) atoms. The number of imide groups is 1. The summed E-state index contributed by atoms with van der Waals surface area (Å²) in [4.78, 5) is 24.9. The van der Waals surface area contributed by atoms with E-state index in [2.05, 4.69) is 21.2 Å². The first-order valence-electron chi connectivity index (χ1n) is 5.53. The van der Waals surface area contributed by atoms with E-state index >= 15 is 0 Å². The number of aryl methyl sites for hydroxylation is 1. The summed E-state index contributed by atoms with van der Waals surface area (Å²) in [6, 6.07) is 7.74. The van der Waals surface area contributed by atoms with E-state index in [4.69, 9.17) is 0 Å². The van der Waals surface area contributed by atoms with Gasteiger partial charge in [0.05, 0.1) is 0 Å². The quantitative estimate of drug-likeness (QED) is 0.863. The molecular weight excluding hydrogens is 316 g/mol. The Morgan fingerprint density at radius 3 is 2.89 bits per heavy atom. The summed E-state index contributed by atoms with van der Waals surface area (Å²) >= 11 is 4.26. The van der Waals surface area contributed by atoms with E-state index in [1.807, 2.05) is 31.2 Å². The molecule has 0 aliphatic carbocycles. The van der Waals surface area contributed by atoms with Crippen molar-refractivity contribution in [1.29, 1.82) is 0 Å². The van der Waals surface area contributed by atoms with Gasteiger partial charge in [0.25, 0.3) is 11.1 Å². The zero-order valence-electron chi connectivity index (χ0n) is 9.85. The molecule has 6 heteroatoms. The van der Waals surface area contributed by atoms with Crippen molar-refractivity contribution in [1.82, 2.24) is 4.90 Å². The molecular formula is C12H13BrN2O2S. The molecule has 0 radical (unpaired) electrons. The smallest absolute Gasteiger partial charge is 0.290 e. The fourth-order valence-electron chi connectivity index (χ4n) is 1.71. The summed E-state index contributed by atoms with van der Waals surface area (Å²) in [6.45, 7) is 2.40. The van der Waals surface area contributed by atoms with Crippen molar-refractivity contribution >= 4 is 44.5 Å². The zero-order chi connectivity index (χ0) is 13.1. The fraction of sp³-hybridized carbons (Fsp3) is 0.333. The molecule has 1 aromatic rings. The highest BCUT2D eigenvalue weighted by molar-refractivity contribution is 9.09. The van der Waals surface area contributed by atoms with Gasteiger partial charge in [-0.1, -0.05) is 28.1 Å². The van der Waals surface area contributed by atoms with Gasteiger partial charge in [-0.25, -0.2) is 0 Å². The van der Waals surface area contributed by atoms with Crippen molar-refractivity contribution < 1.29 is 9.59 Å². The maximum absolute atomic E-state index is 12.0. The predicted molar refractivity (Wildman–Crippen MR) is 77.1 cm³/mol. The van der Waals surface area contributed by atoms with Crippen LogP contribution < -0.4 is 5.32 Å². The average molecular weight is 329 g/mol. The molecule has 1 heterocycles. The van der Waals surface area contributed by atoms with E-state index < -0.39 is 5.37 Å². The third kappa shape index (κ3) is 2.87. The van der Waals surface area contributed by atoms with Crippen LogP contribution >= 0.6 is 27.7 Å². The van der Waals surface area contributed by atoms with E-state index in [1.54, 1.807) is 0 Å². The van der Waals surface area contributed by atoms with Gasteiger partial charge in [-0.15, -0.1) is 0 Å². The number of anilines is 1. The molecule has 96 valence electrons. The number of nitrogens with one attached hydrogen (secondary N) is 1. The fourth-order valence-corrected chi connectivity index (χ4v) is 3.00. The number of alkyl halides is 1. The predicted octanol–water partition coefficient (Wildman–Crippen LogP) is 2.82. The normalized spacial score (nSPS) is 19.4. The second-order valence-corrected chi connectivity index (χ2v) is 5.81. The van der Waals surface area contributed by atoms with Crippen LogP contribution in [0.3, 0.4) is 0 Å². The van der Waals surface area contributed by atoms with Gasteiger partial charge in [0, 0.05) is 17.6 Å². The SMILES string of the molecule is Cc1cccc(NC2SC(=O)N(CCBr)C2=O)c1. The summed E-state index contributed by atoms with van der Waals surface area (Å²) in [5.74, 6) is -0.175. The largest absolute Gasteiger partial charge is 0.365 e. The summed E-state index contributed by atoms with van der Waals surface area (Å²) in [6.07, 6.45) is 0. The van der Waals surface area contributed by atoms with Crippen LogP contribution in [0.5, 0.6) is 0 Å². The number of hydrogen-bond donors (Lipinski definition) is 1. The number of carbonyl (C=O) groups is 2. The third-order valence-electron chi connectivity index (χ3n) is 2.55. The van der Waals surface area contributed by atoms with E-state index in [-0.39, 0.29) is 11.1 Å². The minimum atomic E-state index is -0.515. The molecule has 1 saturated heterocycles. The number of halogens is 1. The van der Waals surface area contributed by atoms with Crippen molar-refractivity contribution in [3.8, 4) is 0 Å². The second-order valence-electron chi connectivity index (χ2n) is 3.96. The van der Waals surface area contributed by atoms with Gasteiger partial charge in [-0.3, -0.25) is 14.5 Å². The van der Waals surface area contributed by atoms with Gasteiger partial charge >= 0.3 is 0 Å². The van der Waals surface area contributed by atoms with Crippen LogP contribution in [0.4, 0.5) is 10.5 Å². The van der Waals surface area contributed by atoms with Crippen LogP contribution in [0, 0.1) is 6.92 Å². The van der Waals surface area contributed by atoms with Crippen LogP contribution in [0.25, 0.3) is 0 Å². The molecule has 2 amide bonds. The molecule has 1 aromatic carbocycles. The highest BCUT2D eigenvalue weighted by atomic mass is 79.9. The number of thioether (sulfide) groups is 1. The lowest BCUT2D eigenvalue weighted by Crippen LogP contribution is -2.35. The Hall–Kier alpha value is -1.01. The number of nitrogens with zero attached hydrogens (tertiary/aromatic N) is 1. The second kappa shape index (κ2) is 5.75. The van der Waals surface area contributed by atoms with Crippen molar-refractivity contribution in [3.63, 3.8) is 0 Å². The van der Waals surface area contributed by atoms with Gasteiger partial charge in [-0.05, 0) is 36.4 Å². The number of benzene rings is 1. The molecule has 4 nitrogen and oxygen atoms in total. The first kappa shape index (κ1) is 13.4. The monoisotopic (exact) mass is 328 g/mol. The molecule has 0 saturated carbocycles. The van der Waals surface area contributed by atoms with Crippen molar-refractivity contribution in [2.24, 2.45) is 0 Å². The van der Waals surface area contributed by atoms with Crippen LogP contribution in [0.1, 0.15) is 5.56 Å². The van der Waals surface area contributed by atoms with Crippen molar-refractivity contribution in [2.45, 2.75) is 12.3 Å². The highest BCUT2D eigenvalue weighted by Gasteiger charge is 2.39. The number of rotatable bonds is 4. The van der Waals surface area contributed by atoms with Crippen LogP contribution in [-0.4, -0.2) is 33.3 Å². The Morgan fingerprint density at radius 2 is 2.22 bits per heavy atom. The molecule has 2 rings (SSSR count). The van der Waals surface area contributed by atoms with Crippen molar-refractivity contribution in [2.75, 3.05) is 17.2 Å². The first-order valence-corrected chi connectivity index (χ1v) is 7.53. The van der Waals surface area contributed by atoms with Gasteiger partial charge in [0.15, 0.2) is 5.37 Å². The Kier molecular flexibility index (Phi) is 4.29. The van der Waals surface area contributed by atoms with Gasteiger partial charge in [0.2, 0.25) is 0 Å². The number of hydrogen-bond acceptors (Lipinski definition) is 4. The van der Waals surface area contributed by atoms with Gasteiger partial charge < -0.3 is 5.32 Å². The summed E-state index contributed by atoms with van der Waals surface area (Å²) in [5, 5.41) is 2.98. The molecule has 1 atom stereocenters. The molecule has 1 N–H and O–H groups in total. The summed E-state index contributed by atoms with van der Waals surface area (Å²) in [7, 11) is 0. The van der Waals surface area contributed by atoms with Crippen LogP contribution in [0.15, 0.2) is 24.3 Å². The molecule has 0 spiro atoms. The number of carbonyl (C=O) groups excluding carboxylic acids is 2. The molecule has 1 fully saturated rings. The highest BCUT2D eigenvalue weighted by Crippen LogP contribution is 2.28. The molecule has 1 aliphatic heterocycles. The Balaban J connectivity index is 2.07. The molecule has 0 aromatic heterocycles. The van der Waals surface area contributed by atoms with E-state index in [1.165, 1.54) is 4.90 Å². The maximum Gasteiger partial charge on any atom is 0.290 e. The maximum atomic E-state index is 12.0. The minimum Gasteiger partial charge on any atom is -0.365 e. The summed E-state index contributed by atoms with van der Waals surface area (Å²) < 4.78 is 0. The van der Waals surface area contributed by atoms with E-state index in [9.17, 15) is 9.59 Å².